The van der Waals surface area contributed by atoms with Gasteiger partial charge in [0.1, 0.15) is 0 Å². The van der Waals surface area contributed by atoms with Gasteiger partial charge in [-0.3, -0.25) is 0 Å². The summed E-state index contributed by atoms with van der Waals surface area (Å²) in [5, 5.41) is 3.45. The quantitative estimate of drug-likeness (QED) is 0.863. The maximum atomic E-state index is 5.56. The Morgan fingerprint density at radius 3 is 3.11 bits per heavy atom. The Morgan fingerprint density at radius 2 is 2.39 bits per heavy atom. The van der Waals surface area contributed by atoms with Gasteiger partial charge in [0.05, 0.1) is 19.3 Å². The number of hydrogen-bond acceptors (Lipinski definition) is 5. The highest BCUT2D eigenvalue weighted by Gasteiger charge is 2.25. The van der Waals surface area contributed by atoms with Crippen molar-refractivity contribution in [1.29, 1.82) is 0 Å². The van der Waals surface area contributed by atoms with E-state index >= 15 is 0 Å². The molecule has 1 saturated heterocycles. The Hall–Kier alpha value is -1.20. The molecule has 0 saturated carbocycles. The minimum Gasteiger partial charge on any atom is -0.377 e. The summed E-state index contributed by atoms with van der Waals surface area (Å²) < 4.78 is 5.56. The van der Waals surface area contributed by atoms with Crippen LogP contribution in [-0.4, -0.2) is 48.4 Å². The lowest BCUT2D eigenvalue weighted by molar-refractivity contribution is 0.0923. The molecule has 0 spiro atoms. The first-order valence-corrected chi connectivity index (χ1v) is 6.54. The fourth-order valence-electron chi connectivity index (χ4n) is 2.03. The zero-order chi connectivity index (χ0) is 13.0. The van der Waals surface area contributed by atoms with Crippen LogP contribution in [0.5, 0.6) is 0 Å². The second kappa shape index (κ2) is 6.11. The van der Waals surface area contributed by atoms with Crippen LogP contribution in [-0.2, 0) is 4.74 Å². The van der Waals surface area contributed by atoms with Gasteiger partial charge >= 0.3 is 0 Å². The average molecular weight is 250 g/mol. The van der Waals surface area contributed by atoms with Gasteiger partial charge in [-0.15, -0.1) is 0 Å². The SMILES string of the molecule is Cc1ccnc(N2CCOCC2CNC(C)C)n1. The molecule has 1 atom stereocenters. The lowest BCUT2D eigenvalue weighted by atomic mass is 10.2. The molecule has 18 heavy (non-hydrogen) atoms. The molecule has 2 rings (SSSR count). The third-order valence-electron chi connectivity index (χ3n) is 3.03. The number of aryl methyl sites for hydroxylation is 1. The minimum atomic E-state index is 0.308. The van der Waals surface area contributed by atoms with E-state index in [1.165, 1.54) is 0 Å². The maximum absolute atomic E-state index is 5.56. The smallest absolute Gasteiger partial charge is 0.225 e. The van der Waals surface area contributed by atoms with Gasteiger partial charge in [-0.2, -0.15) is 0 Å². The van der Waals surface area contributed by atoms with Crippen LogP contribution in [0.2, 0.25) is 0 Å². The third-order valence-corrected chi connectivity index (χ3v) is 3.03. The largest absolute Gasteiger partial charge is 0.377 e. The Bertz CT molecular complexity index is 383. The van der Waals surface area contributed by atoms with Crippen LogP contribution >= 0.6 is 0 Å². The van der Waals surface area contributed by atoms with E-state index in [4.69, 9.17) is 4.74 Å². The zero-order valence-corrected chi connectivity index (χ0v) is 11.4. The highest BCUT2D eigenvalue weighted by Crippen LogP contribution is 2.14. The number of ether oxygens (including phenoxy) is 1. The molecule has 2 heterocycles. The van der Waals surface area contributed by atoms with E-state index in [1.54, 1.807) is 0 Å². The van der Waals surface area contributed by atoms with Crippen molar-refractivity contribution in [2.75, 3.05) is 31.2 Å². The molecule has 5 nitrogen and oxygen atoms in total. The van der Waals surface area contributed by atoms with Crippen LogP contribution in [0.25, 0.3) is 0 Å². The van der Waals surface area contributed by atoms with Gasteiger partial charge in [-0.1, -0.05) is 13.8 Å². The van der Waals surface area contributed by atoms with Gasteiger partial charge in [0.15, 0.2) is 0 Å². The van der Waals surface area contributed by atoms with Crippen LogP contribution in [0.3, 0.4) is 0 Å². The van der Waals surface area contributed by atoms with Crippen molar-refractivity contribution in [1.82, 2.24) is 15.3 Å². The summed E-state index contributed by atoms with van der Waals surface area (Å²) in [6.45, 7) is 9.52. The standard InChI is InChI=1S/C13H22N4O/c1-10(2)15-8-12-9-18-7-6-17(12)13-14-5-4-11(3)16-13/h4-5,10,12,15H,6-9H2,1-3H3. The summed E-state index contributed by atoms with van der Waals surface area (Å²) in [6, 6.07) is 2.71. The summed E-state index contributed by atoms with van der Waals surface area (Å²) in [4.78, 5) is 11.1. The summed E-state index contributed by atoms with van der Waals surface area (Å²) in [5.41, 5.74) is 1.00. The van der Waals surface area contributed by atoms with Crippen LogP contribution in [0.1, 0.15) is 19.5 Å². The molecule has 0 aliphatic carbocycles. The molecule has 0 aromatic carbocycles. The van der Waals surface area contributed by atoms with E-state index in [9.17, 15) is 0 Å². The zero-order valence-electron chi connectivity index (χ0n) is 11.4. The van der Waals surface area contributed by atoms with E-state index in [2.05, 4.69) is 34.0 Å². The molecule has 0 bridgehead atoms. The Labute approximate surface area is 109 Å². The van der Waals surface area contributed by atoms with E-state index in [-0.39, 0.29) is 0 Å². The molecular weight excluding hydrogens is 228 g/mol. The van der Waals surface area contributed by atoms with Crippen LogP contribution < -0.4 is 10.2 Å². The van der Waals surface area contributed by atoms with Crippen molar-refractivity contribution in [2.45, 2.75) is 32.9 Å². The number of morpholine rings is 1. The Balaban J connectivity index is 2.07. The predicted molar refractivity (Wildman–Crippen MR) is 71.9 cm³/mol. The Morgan fingerprint density at radius 1 is 1.56 bits per heavy atom. The van der Waals surface area contributed by atoms with Crippen molar-refractivity contribution in [3.05, 3.63) is 18.0 Å². The van der Waals surface area contributed by atoms with Crippen molar-refractivity contribution in [3.63, 3.8) is 0 Å². The summed E-state index contributed by atoms with van der Waals surface area (Å²) >= 11 is 0. The van der Waals surface area contributed by atoms with Gasteiger partial charge in [-0.25, -0.2) is 9.97 Å². The number of nitrogens with zero attached hydrogens (tertiary/aromatic N) is 3. The van der Waals surface area contributed by atoms with Crippen molar-refractivity contribution >= 4 is 5.95 Å². The maximum Gasteiger partial charge on any atom is 0.225 e. The second-order valence-electron chi connectivity index (χ2n) is 4.98. The number of aromatic nitrogens is 2. The van der Waals surface area contributed by atoms with Gasteiger partial charge in [0.2, 0.25) is 5.95 Å². The first-order chi connectivity index (χ1) is 8.66. The topological polar surface area (TPSA) is 50.3 Å². The van der Waals surface area contributed by atoms with Crippen LogP contribution in [0.15, 0.2) is 12.3 Å². The fourth-order valence-corrected chi connectivity index (χ4v) is 2.03. The molecule has 1 aliphatic heterocycles. The van der Waals surface area contributed by atoms with E-state index in [0.717, 1.165) is 37.9 Å². The van der Waals surface area contributed by atoms with Gasteiger partial charge < -0.3 is 15.0 Å². The van der Waals surface area contributed by atoms with Crippen molar-refractivity contribution < 1.29 is 4.74 Å². The van der Waals surface area contributed by atoms with E-state index in [0.29, 0.717) is 12.1 Å². The summed E-state index contributed by atoms with van der Waals surface area (Å²) in [7, 11) is 0. The second-order valence-corrected chi connectivity index (χ2v) is 4.98. The van der Waals surface area contributed by atoms with Crippen molar-refractivity contribution in [2.24, 2.45) is 0 Å². The number of rotatable bonds is 4. The summed E-state index contributed by atoms with van der Waals surface area (Å²) in [5.74, 6) is 0.814. The van der Waals surface area contributed by atoms with Gasteiger partial charge in [-0.05, 0) is 13.0 Å². The highest BCUT2D eigenvalue weighted by molar-refractivity contribution is 5.33. The van der Waals surface area contributed by atoms with Crippen molar-refractivity contribution in [3.8, 4) is 0 Å². The van der Waals surface area contributed by atoms with Crippen LogP contribution in [0.4, 0.5) is 5.95 Å². The molecule has 1 fully saturated rings. The summed E-state index contributed by atoms with van der Waals surface area (Å²) in [6.07, 6.45) is 1.82. The molecule has 1 unspecified atom stereocenters. The lowest BCUT2D eigenvalue weighted by Gasteiger charge is -2.36. The minimum absolute atomic E-state index is 0.308. The highest BCUT2D eigenvalue weighted by atomic mass is 16.5. The monoisotopic (exact) mass is 250 g/mol. The first kappa shape index (κ1) is 13.2. The average Bonchev–Trinajstić information content (AvgIpc) is 2.36. The molecule has 1 aliphatic rings. The molecule has 1 aromatic heterocycles. The first-order valence-electron chi connectivity index (χ1n) is 6.54. The third kappa shape index (κ3) is 3.40. The van der Waals surface area contributed by atoms with E-state index in [1.807, 2.05) is 19.2 Å². The van der Waals surface area contributed by atoms with Crippen LogP contribution in [0, 0.1) is 6.92 Å². The lowest BCUT2D eigenvalue weighted by Crippen LogP contribution is -2.52. The normalized spacial score (nSPS) is 20.4. The molecule has 1 N–H and O–H groups in total. The Kier molecular flexibility index (Phi) is 4.49. The molecule has 0 amide bonds. The molecular formula is C13H22N4O. The number of hydrogen-bond donors (Lipinski definition) is 1. The molecule has 5 heteroatoms. The fraction of sp³-hybridized carbons (Fsp3) is 0.692. The van der Waals surface area contributed by atoms with Gasteiger partial charge in [0, 0.05) is 31.0 Å². The molecule has 100 valence electrons. The number of nitrogens with one attached hydrogen (secondary N) is 1. The molecule has 0 radical (unpaired) electrons. The predicted octanol–water partition coefficient (Wildman–Crippen LogP) is 0.988. The van der Waals surface area contributed by atoms with Gasteiger partial charge in [0.25, 0.3) is 0 Å². The van der Waals surface area contributed by atoms with E-state index < -0.39 is 0 Å². The molecule has 1 aromatic rings. The number of anilines is 1.